The summed E-state index contributed by atoms with van der Waals surface area (Å²) >= 11 is 3.14. The Hall–Kier alpha value is -2.36. The lowest BCUT2D eigenvalue weighted by Crippen LogP contribution is -2.45. The van der Waals surface area contributed by atoms with Crippen LogP contribution in [0.4, 0.5) is 0 Å². The number of hydrogen-bond acceptors (Lipinski definition) is 6. The average Bonchev–Trinajstić information content (AvgIpc) is 3.20. The fourth-order valence-corrected chi connectivity index (χ4v) is 3.44. The SMILES string of the molecule is COc1ccc(C(CNC(=O)CNC(=O)c2ccc(Br)o2)N2CCOCC2)cc1. The smallest absolute Gasteiger partial charge is 0.287 e. The van der Waals surface area contributed by atoms with E-state index in [0.29, 0.717) is 24.4 Å². The van der Waals surface area contributed by atoms with Crippen molar-refractivity contribution >= 4 is 27.7 Å². The molecule has 0 spiro atoms. The summed E-state index contributed by atoms with van der Waals surface area (Å²) in [5, 5.41) is 5.47. The standard InChI is InChI=1S/C20H24BrN3O5/c1-27-15-4-2-14(3-5-15)16(24-8-10-28-11-9-24)12-22-19(25)13-23-20(26)17-6-7-18(21)29-17/h2-7,16H,8-13H2,1H3,(H,22,25)(H,23,26). The summed E-state index contributed by atoms with van der Waals surface area (Å²) in [7, 11) is 1.63. The minimum Gasteiger partial charge on any atom is -0.497 e. The molecule has 1 saturated heterocycles. The maximum atomic E-state index is 12.3. The molecule has 0 aliphatic carbocycles. The first kappa shape index (κ1) is 21.4. The number of rotatable bonds is 8. The first-order valence-corrected chi connectivity index (χ1v) is 10.1. The third kappa shape index (κ3) is 6.06. The zero-order valence-electron chi connectivity index (χ0n) is 16.2. The van der Waals surface area contributed by atoms with Gasteiger partial charge in [0.25, 0.3) is 5.91 Å². The Morgan fingerprint density at radius 3 is 2.48 bits per heavy atom. The topological polar surface area (TPSA) is 93.0 Å². The van der Waals surface area contributed by atoms with Crippen LogP contribution in [0.15, 0.2) is 45.5 Å². The minimum atomic E-state index is -0.439. The predicted octanol–water partition coefficient (Wildman–Crippen LogP) is 1.97. The Morgan fingerprint density at radius 1 is 1.14 bits per heavy atom. The first-order chi connectivity index (χ1) is 14.1. The fraction of sp³-hybridized carbons (Fsp3) is 0.400. The second-order valence-electron chi connectivity index (χ2n) is 6.53. The number of nitrogens with one attached hydrogen (secondary N) is 2. The largest absolute Gasteiger partial charge is 0.497 e. The lowest BCUT2D eigenvalue weighted by molar-refractivity contribution is -0.120. The van der Waals surface area contributed by atoms with Crippen LogP contribution in [0.3, 0.4) is 0 Å². The fourth-order valence-electron chi connectivity index (χ4n) is 3.13. The van der Waals surface area contributed by atoms with E-state index >= 15 is 0 Å². The van der Waals surface area contributed by atoms with E-state index in [2.05, 4.69) is 31.5 Å². The number of halogens is 1. The minimum absolute atomic E-state index is 0.00508. The molecule has 3 rings (SSSR count). The summed E-state index contributed by atoms with van der Waals surface area (Å²) < 4.78 is 16.3. The van der Waals surface area contributed by atoms with E-state index in [9.17, 15) is 9.59 Å². The zero-order chi connectivity index (χ0) is 20.6. The van der Waals surface area contributed by atoms with Crippen molar-refractivity contribution in [2.75, 3.05) is 46.5 Å². The van der Waals surface area contributed by atoms with Crippen molar-refractivity contribution in [3.05, 3.63) is 52.4 Å². The molecule has 29 heavy (non-hydrogen) atoms. The molecule has 1 fully saturated rings. The van der Waals surface area contributed by atoms with E-state index in [0.717, 1.165) is 24.4 Å². The number of benzene rings is 1. The Balaban J connectivity index is 1.56. The highest BCUT2D eigenvalue weighted by molar-refractivity contribution is 9.10. The summed E-state index contributed by atoms with van der Waals surface area (Å²) in [6, 6.07) is 11.0. The van der Waals surface area contributed by atoms with Crippen molar-refractivity contribution in [2.45, 2.75) is 6.04 Å². The van der Waals surface area contributed by atoms with Gasteiger partial charge in [0.05, 0.1) is 32.9 Å². The molecule has 1 aliphatic heterocycles. The van der Waals surface area contributed by atoms with Gasteiger partial charge in [0, 0.05) is 19.6 Å². The average molecular weight is 466 g/mol. The molecule has 0 radical (unpaired) electrons. The Morgan fingerprint density at radius 2 is 1.86 bits per heavy atom. The van der Waals surface area contributed by atoms with Crippen LogP contribution in [0, 0.1) is 0 Å². The number of carbonyl (C=O) groups excluding carboxylic acids is 2. The van der Waals surface area contributed by atoms with Gasteiger partial charge in [-0.05, 0) is 45.8 Å². The number of hydrogen-bond donors (Lipinski definition) is 2. The lowest BCUT2D eigenvalue weighted by atomic mass is 10.0. The van der Waals surface area contributed by atoms with E-state index in [4.69, 9.17) is 13.9 Å². The van der Waals surface area contributed by atoms with Gasteiger partial charge in [0.2, 0.25) is 5.91 Å². The second-order valence-corrected chi connectivity index (χ2v) is 7.31. The van der Waals surface area contributed by atoms with Gasteiger partial charge in [-0.3, -0.25) is 14.5 Å². The molecule has 1 aromatic heterocycles. The highest BCUT2D eigenvalue weighted by Gasteiger charge is 2.23. The van der Waals surface area contributed by atoms with Crippen molar-refractivity contribution < 1.29 is 23.5 Å². The summed E-state index contributed by atoms with van der Waals surface area (Å²) in [4.78, 5) is 26.5. The van der Waals surface area contributed by atoms with Crippen LogP contribution in [0.1, 0.15) is 22.2 Å². The maximum absolute atomic E-state index is 12.3. The van der Waals surface area contributed by atoms with E-state index < -0.39 is 5.91 Å². The Bertz CT molecular complexity index is 818. The van der Waals surface area contributed by atoms with Gasteiger partial charge in [0.1, 0.15) is 5.75 Å². The quantitative estimate of drug-likeness (QED) is 0.618. The van der Waals surface area contributed by atoms with Crippen molar-refractivity contribution in [3.63, 3.8) is 0 Å². The zero-order valence-corrected chi connectivity index (χ0v) is 17.7. The number of ether oxygens (including phenoxy) is 2. The predicted molar refractivity (Wildman–Crippen MR) is 110 cm³/mol. The van der Waals surface area contributed by atoms with Crippen molar-refractivity contribution in [1.82, 2.24) is 15.5 Å². The molecule has 1 aliphatic rings. The van der Waals surface area contributed by atoms with Crippen LogP contribution in [0.5, 0.6) is 5.75 Å². The molecule has 0 bridgehead atoms. The molecule has 2 aromatic rings. The van der Waals surface area contributed by atoms with Crippen LogP contribution >= 0.6 is 15.9 Å². The van der Waals surface area contributed by atoms with Gasteiger partial charge in [-0.15, -0.1) is 0 Å². The van der Waals surface area contributed by atoms with E-state index in [1.54, 1.807) is 13.2 Å². The Labute approximate surface area is 177 Å². The molecule has 1 aromatic carbocycles. The van der Waals surface area contributed by atoms with Crippen molar-refractivity contribution in [1.29, 1.82) is 0 Å². The summed E-state index contributed by atoms with van der Waals surface area (Å²) in [6.07, 6.45) is 0. The number of carbonyl (C=O) groups is 2. The molecule has 9 heteroatoms. The van der Waals surface area contributed by atoms with Gasteiger partial charge in [-0.1, -0.05) is 12.1 Å². The van der Waals surface area contributed by atoms with Gasteiger partial charge in [-0.2, -0.15) is 0 Å². The van der Waals surface area contributed by atoms with Crippen molar-refractivity contribution in [3.8, 4) is 5.75 Å². The normalized spacial score (nSPS) is 15.5. The third-order valence-corrected chi connectivity index (χ3v) is 5.11. The number of methoxy groups -OCH3 is 1. The Kier molecular flexibility index (Phi) is 7.68. The first-order valence-electron chi connectivity index (χ1n) is 9.33. The number of furan rings is 1. The molecule has 156 valence electrons. The van der Waals surface area contributed by atoms with Crippen LogP contribution in [-0.4, -0.2) is 63.2 Å². The lowest BCUT2D eigenvalue weighted by Gasteiger charge is -2.35. The number of morpholine rings is 1. The molecule has 2 N–H and O–H groups in total. The summed E-state index contributed by atoms with van der Waals surface area (Å²) in [6.45, 7) is 3.20. The highest BCUT2D eigenvalue weighted by Crippen LogP contribution is 2.23. The molecule has 1 unspecified atom stereocenters. The van der Waals surface area contributed by atoms with Crippen LogP contribution in [-0.2, 0) is 9.53 Å². The molecule has 8 nitrogen and oxygen atoms in total. The third-order valence-electron chi connectivity index (χ3n) is 4.69. The molecular formula is C20H24BrN3O5. The second kappa shape index (κ2) is 10.4. The maximum Gasteiger partial charge on any atom is 0.287 e. The summed E-state index contributed by atoms with van der Waals surface area (Å²) in [5.74, 6) is 0.223. The molecule has 2 heterocycles. The van der Waals surface area contributed by atoms with Gasteiger partial charge < -0.3 is 24.5 Å². The van der Waals surface area contributed by atoms with Crippen LogP contribution in [0.2, 0.25) is 0 Å². The van der Waals surface area contributed by atoms with Gasteiger partial charge in [0.15, 0.2) is 10.4 Å². The van der Waals surface area contributed by atoms with E-state index in [1.165, 1.54) is 6.07 Å². The highest BCUT2D eigenvalue weighted by atomic mass is 79.9. The number of nitrogens with zero attached hydrogens (tertiary/aromatic N) is 1. The monoisotopic (exact) mass is 465 g/mol. The molecule has 2 amide bonds. The van der Waals surface area contributed by atoms with Gasteiger partial charge in [-0.25, -0.2) is 0 Å². The molecular weight excluding hydrogens is 442 g/mol. The summed E-state index contributed by atoms with van der Waals surface area (Å²) in [5.41, 5.74) is 1.08. The molecule has 1 atom stereocenters. The van der Waals surface area contributed by atoms with E-state index in [1.807, 2.05) is 24.3 Å². The van der Waals surface area contributed by atoms with Crippen LogP contribution in [0.25, 0.3) is 0 Å². The molecule has 0 saturated carbocycles. The number of amides is 2. The van der Waals surface area contributed by atoms with Gasteiger partial charge >= 0.3 is 0 Å². The van der Waals surface area contributed by atoms with E-state index in [-0.39, 0.29) is 24.3 Å². The van der Waals surface area contributed by atoms with Crippen LogP contribution < -0.4 is 15.4 Å². The van der Waals surface area contributed by atoms with Crippen molar-refractivity contribution in [2.24, 2.45) is 0 Å².